The molecule has 1 heterocycles. The minimum atomic E-state index is -0.549. The lowest BCUT2D eigenvalue weighted by Gasteiger charge is -2.06. The van der Waals surface area contributed by atoms with Crippen LogP contribution in [-0.4, -0.2) is 21.1 Å². The van der Waals surface area contributed by atoms with Crippen LogP contribution in [0.25, 0.3) is 10.9 Å². The van der Waals surface area contributed by atoms with Gasteiger partial charge in [0.25, 0.3) is 11.5 Å². The highest BCUT2D eigenvalue weighted by Crippen LogP contribution is 2.11. The lowest BCUT2D eigenvalue weighted by atomic mass is 10.2. The smallest absolute Gasteiger partial charge is 0.295 e. The number of halogens is 1. The first-order valence-electron chi connectivity index (χ1n) is 6.41. The number of nitrogens with one attached hydrogen (secondary N) is 1. The monoisotopic (exact) mass is 358 g/mol. The molecule has 2 aromatic carbocycles. The predicted octanol–water partition coefficient (Wildman–Crippen LogP) is 2.84. The van der Waals surface area contributed by atoms with Gasteiger partial charge in [-0.25, -0.2) is 10.4 Å². The Kier molecular flexibility index (Phi) is 3.88. The number of fused-ring (bicyclic) bond motifs is 1. The fraction of sp³-hybridized carbons (Fsp3) is 0. The molecule has 0 unspecified atom stereocenters. The van der Waals surface area contributed by atoms with E-state index in [2.05, 4.69) is 31.4 Å². The molecule has 0 aliphatic carbocycles. The van der Waals surface area contributed by atoms with Crippen LogP contribution in [0, 0.1) is 0 Å². The van der Waals surface area contributed by atoms with Crippen LogP contribution in [0.4, 0.5) is 5.95 Å². The number of aromatic nitrogens is 2. The van der Waals surface area contributed by atoms with Crippen molar-refractivity contribution >= 4 is 39.0 Å². The molecule has 7 heteroatoms. The highest BCUT2D eigenvalue weighted by molar-refractivity contribution is 9.10. The van der Waals surface area contributed by atoms with Crippen LogP contribution in [0.3, 0.4) is 0 Å². The van der Waals surface area contributed by atoms with Crippen molar-refractivity contribution in [3.8, 4) is 0 Å². The summed E-state index contributed by atoms with van der Waals surface area (Å²) in [4.78, 5) is 16.2. The highest BCUT2D eigenvalue weighted by Gasteiger charge is 2.08. The van der Waals surface area contributed by atoms with E-state index in [9.17, 15) is 10.0 Å². The van der Waals surface area contributed by atoms with Crippen LogP contribution in [-0.2, 0) is 0 Å². The molecular weight excluding hydrogens is 348 g/mol. The summed E-state index contributed by atoms with van der Waals surface area (Å²) in [6.45, 7) is 0. The summed E-state index contributed by atoms with van der Waals surface area (Å²) in [5, 5.41) is 14.1. The van der Waals surface area contributed by atoms with Gasteiger partial charge in [-0.2, -0.15) is 5.10 Å². The van der Waals surface area contributed by atoms with Crippen molar-refractivity contribution in [3.05, 3.63) is 68.9 Å². The first-order valence-corrected chi connectivity index (χ1v) is 7.20. The van der Waals surface area contributed by atoms with E-state index in [1.165, 1.54) is 0 Å². The van der Waals surface area contributed by atoms with Crippen LogP contribution in [0.2, 0.25) is 0 Å². The molecule has 0 radical (unpaired) electrons. The molecule has 0 aliphatic heterocycles. The Morgan fingerprint density at radius 3 is 2.68 bits per heavy atom. The molecule has 6 nitrogen and oxygen atoms in total. The largest absolute Gasteiger partial charge is 0.422 e. The number of para-hydroxylation sites is 1. The second-order valence-electron chi connectivity index (χ2n) is 4.49. The second kappa shape index (κ2) is 5.98. The lowest BCUT2D eigenvalue weighted by molar-refractivity contribution is 0.179. The summed E-state index contributed by atoms with van der Waals surface area (Å²) < 4.78 is 1.42. The van der Waals surface area contributed by atoms with Gasteiger partial charge >= 0.3 is 0 Å². The third kappa shape index (κ3) is 2.84. The average Bonchev–Trinajstić information content (AvgIpc) is 2.54. The fourth-order valence-corrected chi connectivity index (χ4v) is 2.17. The molecule has 0 spiro atoms. The number of hydrazone groups is 1. The molecule has 0 bridgehead atoms. The minimum Gasteiger partial charge on any atom is -0.422 e. The van der Waals surface area contributed by atoms with Gasteiger partial charge in [-0.3, -0.25) is 4.79 Å². The Morgan fingerprint density at radius 2 is 1.91 bits per heavy atom. The summed E-state index contributed by atoms with van der Waals surface area (Å²) in [5.41, 5.74) is 3.37. The maximum absolute atomic E-state index is 12.0. The number of anilines is 1. The number of benzene rings is 2. The molecule has 0 atom stereocenters. The van der Waals surface area contributed by atoms with Gasteiger partial charge in [0.1, 0.15) is 0 Å². The number of nitrogens with zero attached hydrogens (tertiary/aromatic N) is 3. The Bertz CT molecular complexity index is 904. The summed E-state index contributed by atoms with van der Waals surface area (Å²) in [6, 6.07) is 14.3. The maximum atomic E-state index is 12.0. The Balaban J connectivity index is 1.89. The van der Waals surface area contributed by atoms with Crippen LogP contribution >= 0.6 is 15.9 Å². The van der Waals surface area contributed by atoms with Crippen molar-refractivity contribution in [1.82, 2.24) is 9.71 Å². The molecule has 0 amide bonds. The van der Waals surface area contributed by atoms with Crippen LogP contribution in [0.15, 0.2) is 62.9 Å². The van der Waals surface area contributed by atoms with Crippen LogP contribution in [0.5, 0.6) is 0 Å². The molecule has 1 aromatic heterocycles. The van der Waals surface area contributed by atoms with Gasteiger partial charge in [0.05, 0.1) is 17.1 Å². The van der Waals surface area contributed by atoms with Crippen molar-refractivity contribution in [1.29, 1.82) is 0 Å². The summed E-state index contributed by atoms with van der Waals surface area (Å²) in [5.74, 6) is -0.0444. The van der Waals surface area contributed by atoms with Gasteiger partial charge in [0.2, 0.25) is 0 Å². The topological polar surface area (TPSA) is 79.5 Å². The molecule has 110 valence electrons. The molecule has 0 saturated heterocycles. The van der Waals surface area contributed by atoms with E-state index in [-0.39, 0.29) is 5.95 Å². The van der Waals surface area contributed by atoms with Gasteiger partial charge in [0.15, 0.2) is 0 Å². The van der Waals surface area contributed by atoms with E-state index in [1.807, 2.05) is 24.3 Å². The Hall–Kier alpha value is -2.67. The Labute approximate surface area is 133 Å². The summed E-state index contributed by atoms with van der Waals surface area (Å²) in [7, 11) is 0. The third-order valence-corrected chi connectivity index (χ3v) is 3.53. The highest BCUT2D eigenvalue weighted by atomic mass is 79.9. The zero-order valence-corrected chi connectivity index (χ0v) is 12.9. The average molecular weight is 359 g/mol. The molecule has 0 fully saturated rings. The molecule has 0 aliphatic rings. The molecule has 2 N–H and O–H groups in total. The Morgan fingerprint density at radius 1 is 1.18 bits per heavy atom. The third-order valence-electron chi connectivity index (χ3n) is 3.00. The minimum absolute atomic E-state index is 0.0444. The van der Waals surface area contributed by atoms with Crippen LogP contribution in [0.1, 0.15) is 5.56 Å². The van der Waals surface area contributed by atoms with Gasteiger partial charge < -0.3 is 5.21 Å². The van der Waals surface area contributed by atoms with E-state index in [4.69, 9.17) is 0 Å². The standard InChI is InChI=1S/C15H11BrN4O2/c16-11-7-5-10(6-8-11)9-17-19-15-18-13-4-2-1-3-12(13)14(21)20(15)22/h1-9,22H,(H,18,19)/b17-9-. The van der Waals surface area contributed by atoms with Crippen LogP contribution < -0.4 is 11.0 Å². The van der Waals surface area contributed by atoms with E-state index in [0.29, 0.717) is 15.6 Å². The second-order valence-corrected chi connectivity index (χ2v) is 5.41. The first kappa shape index (κ1) is 14.3. The van der Waals surface area contributed by atoms with Crippen molar-refractivity contribution < 1.29 is 5.21 Å². The molecule has 3 aromatic rings. The number of rotatable bonds is 3. The van der Waals surface area contributed by atoms with Crippen molar-refractivity contribution in [2.75, 3.05) is 5.43 Å². The fourth-order valence-electron chi connectivity index (χ4n) is 1.91. The van der Waals surface area contributed by atoms with Crippen molar-refractivity contribution in [3.63, 3.8) is 0 Å². The van der Waals surface area contributed by atoms with Gasteiger partial charge in [-0.15, -0.1) is 4.73 Å². The normalized spacial score (nSPS) is 11.1. The van der Waals surface area contributed by atoms with E-state index in [0.717, 1.165) is 10.0 Å². The van der Waals surface area contributed by atoms with E-state index >= 15 is 0 Å². The zero-order chi connectivity index (χ0) is 15.5. The quantitative estimate of drug-likeness (QED) is 0.428. The summed E-state index contributed by atoms with van der Waals surface area (Å²) >= 11 is 3.35. The number of hydrogen-bond donors (Lipinski definition) is 2. The van der Waals surface area contributed by atoms with Gasteiger partial charge in [-0.1, -0.05) is 40.2 Å². The SMILES string of the molecule is O=c1c2ccccc2nc(N/N=C\c2ccc(Br)cc2)n1O. The van der Waals surface area contributed by atoms with E-state index in [1.54, 1.807) is 30.5 Å². The van der Waals surface area contributed by atoms with E-state index < -0.39 is 5.56 Å². The lowest BCUT2D eigenvalue weighted by Crippen LogP contribution is -2.22. The van der Waals surface area contributed by atoms with Crippen molar-refractivity contribution in [2.24, 2.45) is 5.10 Å². The van der Waals surface area contributed by atoms with Crippen molar-refractivity contribution in [2.45, 2.75) is 0 Å². The molecular formula is C15H11BrN4O2. The number of hydrogen-bond acceptors (Lipinski definition) is 5. The van der Waals surface area contributed by atoms with Gasteiger partial charge in [0, 0.05) is 4.47 Å². The predicted molar refractivity (Wildman–Crippen MR) is 88.5 cm³/mol. The first-order chi connectivity index (χ1) is 10.6. The summed E-state index contributed by atoms with van der Waals surface area (Å²) in [6.07, 6.45) is 1.56. The molecule has 0 saturated carbocycles. The zero-order valence-electron chi connectivity index (χ0n) is 11.3. The molecule has 22 heavy (non-hydrogen) atoms. The molecule has 3 rings (SSSR count). The van der Waals surface area contributed by atoms with Gasteiger partial charge in [-0.05, 0) is 29.8 Å². The maximum Gasteiger partial charge on any atom is 0.295 e.